The third-order valence-electron chi connectivity index (χ3n) is 2.51. The number of ether oxygens (including phenoxy) is 2. The number of aliphatic hydroxyl groups excluding tert-OH is 1. The Hall–Kier alpha value is -1.37. The number of aliphatic hydroxyl groups is 1. The normalized spacial score (nSPS) is 14.1. The van der Waals surface area contributed by atoms with E-state index in [0.717, 1.165) is 0 Å². The number of carbonyl (C=O) groups excluding carboxylic acids is 1. The Kier molecular flexibility index (Phi) is 7.17. The van der Waals surface area contributed by atoms with E-state index in [1.54, 1.807) is 19.1 Å². The summed E-state index contributed by atoms with van der Waals surface area (Å²) < 4.78 is 15.4. The number of rotatable bonds is 9. The largest absolute Gasteiger partial charge is 0.467 e. The summed E-state index contributed by atoms with van der Waals surface area (Å²) in [5, 5.41) is 12.3. The van der Waals surface area contributed by atoms with E-state index < -0.39 is 12.2 Å². The minimum absolute atomic E-state index is 0.0888. The predicted octanol–water partition coefficient (Wildman–Crippen LogP) is 0.871. The third kappa shape index (κ3) is 5.87. The highest BCUT2D eigenvalue weighted by molar-refractivity contribution is 5.80. The summed E-state index contributed by atoms with van der Waals surface area (Å²) in [6.45, 7) is 5.09. The zero-order valence-corrected chi connectivity index (χ0v) is 11.3. The van der Waals surface area contributed by atoms with Gasteiger partial charge in [0.05, 0.1) is 26.0 Å². The molecule has 1 amide bonds. The molecule has 0 aliphatic heterocycles. The molecule has 1 aromatic heterocycles. The molecule has 1 heterocycles. The fraction of sp³-hybridized carbons (Fsp3) is 0.615. The van der Waals surface area contributed by atoms with E-state index in [1.807, 2.05) is 6.92 Å². The molecule has 0 saturated heterocycles. The van der Waals surface area contributed by atoms with E-state index in [9.17, 15) is 9.90 Å². The fourth-order valence-electron chi connectivity index (χ4n) is 1.43. The van der Waals surface area contributed by atoms with Gasteiger partial charge in [-0.2, -0.15) is 0 Å². The molecule has 6 nitrogen and oxygen atoms in total. The van der Waals surface area contributed by atoms with Crippen LogP contribution in [0.4, 0.5) is 0 Å². The van der Waals surface area contributed by atoms with Crippen molar-refractivity contribution in [3.8, 4) is 0 Å². The number of hydrogen-bond acceptors (Lipinski definition) is 5. The Morgan fingerprint density at radius 2 is 2.32 bits per heavy atom. The summed E-state index contributed by atoms with van der Waals surface area (Å²) in [6, 6.07) is 3.33. The number of carbonyl (C=O) groups is 1. The van der Waals surface area contributed by atoms with Crippen LogP contribution in [-0.4, -0.2) is 43.5 Å². The first-order valence-electron chi connectivity index (χ1n) is 6.33. The second-order valence-electron chi connectivity index (χ2n) is 3.99. The van der Waals surface area contributed by atoms with Crippen molar-refractivity contribution in [2.24, 2.45) is 0 Å². The summed E-state index contributed by atoms with van der Waals surface area (Å²) in [7, 11) is 0. The highest BCUT2D eigenvalue weighted by Crippen LogP contribution is 2.11. The zero-order valence-electron chi connectivity index (χ0n) is 11.3. The van der Waals surface area contributed by atoms with E-state index in [-0.39, 0.29) is 12.5 Å². The lowest BCUT2D eigenvalue weighted by Crippen LogP contribution is -2.37. The van der Waals surface area contributed by atoms with Gasteiger partial charge in [0.15, 0.2) is 0 Å². The maximum absolute atomic E-state index is 11.7. The molecule has 6 heteroatoms. The summed E-state index contributed by atoms with van der Waals surface area (Å²) in [6.07, 6.45) is 0.0404. The van der Waals surface area contributed by atoms with Crippen LogP contribution in [0.25, 0.3) is 0 Å². The van der Waals surface area contributed by atoms with E-state index in [0.29, 0.717) is 25.6 Å². The maximum Gasteiger partial charge on any atom is 0.248 e. The van der Waals surface area contributed by atoms with Crippen molar-refractivity contribution in [3.63, 3.8) is 0 Å². The van der Waals surface area contributed by atoms with Gasteiger partial charge in [0.25, 0.3) is 0 Å². The molecular weight excluding hydrogens is 250 g/mol. The van der Waals surface area contributed by atoms with Crippen molar-refractivity contribution in [3.05, 3.63) is 24.2 Å². The van der Waals surface area contributed by atoms with Crippen molar-refractivity contribution in [2.45, 2.75) is 26.1 Å². The highest BCUT2D eigenvalue weighted by atomic mass is 16.5. The van der Waals surface area contributed by atoms with E-state index in [4.69, 9.17) is 13.9 Å². The Labute approximate surface area is 112 Å². The maximum atomic E-state index is 11.7. The average molecular weight is 271 g/mol. The first kappa shape index (κ1) is 15.7. The Balaban J connectivity index is 2.19. The van der Waals surface area contributed by atoms with E-state index in [1.165, 1.54) is 6.26 Å². The van der Waals surface area contributed by atoms with Crippen molar-refractivity contribution in [1.82, 2.24) is 5.32 Å². The minimum atomic E-state index is -0.852. The second kappa shape index (κ2) is 8.68. The van der Waals surface area contributed by atoms with Crippen molar-refractivity contribution in [1.29, 1.82) is 0 Å². The SMILES string of the molecule is CCOCCOC(C)C(=O)NCC(O)c1ccco1. The van der Waals surface area contributed by atoms with Gasteiger partial charge in [-0.15, -0.1) is 0 Å². The van der Waals surface area contributed by atoms with Crippen LogP contribution in [0.2, 0.25) is 0 Å². The number of amides is 1. The Morgan fingerprint density at radius 1 is 1.53 bits per heavy atom. The fourth-order valence-corrected chi connectivity index (χ4v) is 1.43. The smallest absolute Gasteiger partial charge is 0.248 e. The molecule has 2 unspecified atom stereocenters. The molecule has 2 atom stereocenters. The molecular formula is C13H21NO5. The molecule has 0 spiro atoms. The molecule has 0 radical (unpaired) electrons. The number of nitrogens with one attached hydrogen (secondary N) is 1. The lowest BCUT2D eigenvalue weighted by molar-refractivity contribution is -0.133. The summed E-state index contributed by atoms with van der Waals surface area (Å²) in [4.78, 5) is 11.7. The Morgan fingerprint density at radius 3 is 2.95 bits per heavy atom. The quantitative estimate of drug-likeness (QED) is 0.651. The van der Waals surface area contributed by atoms with Gasteiger partial charge in [0.1, 0.15) is 18.0 Å². The van der Waals surface area contributed by atoms with Crippen molar-refractivity contribution < 1.29 is 23.8 Å². The molecule has 1 aromatic rings. The van der Waals surface area contributed by atoms with Crippen molar-refractivity contribution in [2.75, 3.05) is 26.4 Å². The van der Waals surface area contributed by atoms with Crippen LogP contribution >= 0.6 is 0 Å². The average Bonchev–Trinajstić information content (AvgIpc) is 2.94. The van der Waals surface area contributed by atoms with Gasteiger partial charge in [-0.05, 0) is 26.0 Å². The molecule has 108 valence electrons. The molecule has 0 aromatic carbocycles. The Bertz CT molecular complexity index is 352. The van der Waals surface area contributed by atoms with Crippen LogP contribution in [0.3, 0.4) is 0 Å². The van der Waals surface area contributed by atoms with Crippen molar-refractivity contribution >= 4 is 5.91 Å². The van der Waals surface area contributed by atoms with E-state index in [2.05, 4.69) is 5.32 Å². The summed E-state index contributed by atoms with van der Waals surface area (Å²) >= 11 is 0. The number of hydrogen-bond donors (Lipinski definition) is 2. The molecule has 0 aliphatic carbocycles. The highest BCUT2D eigenvalue weighted by Gasteiger charge is 2.16. The van der Waals surface area contributed by atoms with Gasteiger partial charge in [0, 0.05) is 6.61 Å². The van der Waals surface area contributed by atoms with Crippen LogP contribution < -0.4 is 5.32 Å². The zero-order chi connectivity index (χ0) is 14.1. The van der Waals surface area contributed by atoms with Crippen LogP contribution in [0.15, 0.2) is 22.8 Å². The second-order valence-corrected chi connectivity index (χ2v) is 3.99. The van der Waals surface area contributed by atoms with E-state index >= 15 is 0 Å². The molecule has 0 bridgehead atoms. The van der Waals surface area contributed by atoms with Gasteiger partial charge in [-0.3, -0.25) is 4.79 Å². The lowest BCUT2D eigenvalue weighted by atomic mass is 10.2. The van der Waals surface area contributed by atoms with Gasteiger partial charge in [-0.1, -0.05) is 0 Å². The topological polar surface area (TPSA) is 80.9 Å². The van der Waals surface area contributed by atoms with Crippen LogP contribution in [0.5, 0.6) is 0 Å². The molecule has 19 heavy (non-hydrogen) atoms. The van der Waals surface area contributed by atoms with Crippen LogP contribution in [0.1, 0.15) is 25.7 Å². The molecule has 0 aliphatic rings. The molecule has 1 rings (SSSR count). The monoisotopic (exact) mass is 271 g/mol. The first-order valence-corrected chi connectivity index (χ1v) is 6.33. The molecule has 0 saturated carbocycles. The molecule has 0 fully saturated rings. The van der Waals surface area contributed by atoms with Crippen LogP contribution in [0, 0.1) is 0 Å². The third-order valence-corrected chi connectivity index (χ3v) is 2.51. The van der Waals surface area contributed by atoms with Gasteiger partial charge in [-0.25, -0.2) is 0 Å². The van der Waals surface area contributed by atoms with Gasteiger partial charge in [0.2, 0.25) is 5.91 Å². The minimum Gasteiger partial charge on any atom is -0.467 e. The summed E-state index contributed by atoms with van der Waals surface area (Å²) in [5.41, 5.74) is 0. The number of furan rings is 1. The van der Waals surface area contributed by atoms with Gasteiger partial charge >= 0.3 is 0 Å². The summed E-state index contributed by atoms with van der Waals surface area (Å²) in [5.74, 6) is 0.146. The standard InChI is InChI=1S/C13H21NO5/c1-3-17-7-8-18-10(2)13(16)14-9-11(15)12-5-4-6-19-12/h4-6,10-11,15H,3,7-9H2,1-2H3,(H,14,16). The molecule has 2 N–H and O–H groups in total. The predicted molar refractivity (Wildman–Crippen MR) is 68.6 cm³/mol. The van der Waals surface area contributed by atoms with Crippen LogP contribution in [-0.2, 0) is 14.3 Å². The first-order chi connectivity index (χ1) is 9.15. The lowest BCUT2D eigenvalue weighted by Gasteiger charge is -2.15. The van der Waals surface area contributed by atoms with Gasteiger partial charge < -0.3 is 24.3 Å².